The van der Waals surface area contributed by atoms with Crippen LogP contribution in [-0.2, 0) is 4.79 Å². The van der Waals surface area contributed by atoms with E-state index in [0.717, 1.165) is 6.20 Å². The number of hydrogen-bond donors (Lipinski definition) is 2. The maximum Gasteiger partial charge on any atom is 0.323 e. The molecule has 0 radical (unpaired) electrons. The van der Waals surface area contributed by atoms with E-state index < -0.39 is 6.03 Å². The van der Waals surface area contributed by atoms with Crippen LogP contribution in [0, 0.1) is 0 Å². The van der Waals surface area contributed by atoms with Crippen molar-refractivity contribution in [3.05, 3.63) is 41.7 Å². The van der Waals surface area contributed by atoms with E-state index in [1.165, 1.54) is 12.3 Å². The van der Waals surface area contributed by atoms with Crippen molar-refractivity contribution in [2.24, 2.45) is 4.99 Å². The Hall–Kier alpha value is -2.10. The van der Waals surface area contributed by atoms with E-state index in [1.807, 2.05) is 0 Å². The number of nitrogens with one attached hydrogen (secondary N) is 2. The summed E-state index contributed by atoms with van der Waals surface area (Å²) in [5.74, 6) is 0. The summed E-state index contributed by atoms with van der Waals surface area (Å²) in [6.07, 6.45) is 3.63. The first kappa shape index (κ1) is 12.0. The van der Waals surface area contributed by atoms with Gasteiger partial charge in [-0.1, -0.05) is 17.7 Å². The number of carbonyl (C=O) groups excluding carboxylic acids is 2. The van der Waals surface area contributed by atoms with Crippen molar-refractivity contribution in [3.8, 4) is 0 Å². The zero-order valence-electron chi connectivity index (χ0n) is 8.11. The second-order valence-electron chi connectivity index (χ2n) is 2.64. The van der Waals surface area contributed by atoms with Crippen LogP contribution in [0.5, 0.6) is 0 Å². The number of aliphatic imine (C=N–C) groups is 1. The van der Waals surface area contributed by atoms with Crippen LogP contribution in [0.15, 0.2) is 41.7 Å². The minimum Gasteiger partial charge on any atom is -0.313 e. The van der Waals surface area contributed by atoms with Crippen molar-refractivity contribution in [1.29, 1.82) is 0 Å². The molecule has 1 aromatic carbocycles. The highest BCUT2D eigenvalue weighted by Gasteiger charge is 1.98. The van der Waals surface area contributed by atoms with Crippen molar-refractivity contribution in [3.63, 3.8) is 0 Å². The zero-order chi connectivity index (χ0) is 11.8. The van der Waals surface area contributed by atoms with Gasteiger partial charge in [-0.05, 0) is 18.2 Å². The number of carbonyl (C=O) groups is 1. The van der Waals surface area contributed by atoms with Crippen molar-refractivity contribution >= 4 is 29.4 Å². The number of rotatable bonds is 3. The molecule has 0 atom stereocenters. The van der Waals surface area contributed by atoms with E-state index in [-0.39, 0.29) is 0 Å². The standard InChI is InChI=1S/C10H8ClN3O2/c11-8-2-1-3-9(6-8)14-10(16)13-5-4-12-7-15/h1-6H,(H2,13,14,16)/b5-4-. The Morgan fingerprint density at radius 1 is 1.50 bits per heavy atom. The highest BCUT2D eigenvalue weighted by Crippen LogP contribution is 2.14. The fourth-order valence-corrected chi connectivity index (χ4v) is 1.10. The molecular weight excluding hydrogens is 230 g/mol. The lowest BCUT2D eigenvalue weighted by atomic mass is 10.3. The van der Waals surface area contributed by atoms with Gasteiger partial charge in [0.05, 0.1) is 6.20 Å². The Kier molecular flexibility index (Phi) is 4.79. The molecule has 1 aromatic rings. The summed E-state index contributed by atoms with van der Waals surface area (Å²) in [5.41, 5.74) is 0.567. The third-order valence-corrected chi connectivity index (χ3v) is 1.73. The topological polar surface area (TPSA) is 70.6 Å². The average Bonchev–Trinajstić information content (AvgIpc) is 2.24. The van der Waals surface area contributed by atoms with E-state index in [9.17, 15) is 9.59 Å². The number of halogens is 1. The molecule has 5 nitrogen and oxygen atoms in total. The van der Waals surface area contributed by atoms with Gasteiger partial charge >= 0.3 is 6.03 Å². The highest BCUT2D eigenvalue weighted by atomic mass is 35.5. The van der Waals surface area contributed by atoms with Gasteiger partial charge in [0.2, 0.25) is 6.08 Å². The molecular formula is C10H8ClN3O2. The fraction of sp³-hybridized carbons (Fsp3) is 0. The Balaban J connectivity index is 2.48. The van der Waals surface area contributed by atoms with E-state index in [2.05, 4.69) is 15.6 Å². The Labute approximate surface area is 96.8 Å². The maximum atomic E-state index is 11.2. The minimum absolute atomic E-state index is 0.459. The van der Waals surface area contributed by atoms with Gasteiger partial charge in [0, 0.05) is 16.9 Å². The van der Waals surface area contributed by atoms with Crippen molar-refractivity contribution < 1.29 is 9.59 Å². The smallest absolute Gasteiger partial charge is 0.313 e. The molecule has 6 heteroatoms. The maximum absolute atomic E-state index is 11.2. The summed E-state index contributed by atoms with van der Waals surface area (Å²) in [6.45, 7) is 0. The van der Waals surface area contributed by atoms with Crippen molar-refractivity contribution in [2.75, 3.05) is 5.32 Å². The van der Waals surface area contributed by atoms with Crippen molar-refractivity contribution in [2.45, 2.75) is 0 Å². The summed E-state index contributed by atoms with van der Waals surface area (Å²) in [7, 11) is 0. The van der Waals surface area contributed by atoms with Gasteiger partial charge in [-0.25, -0.2) is 9.59 Å². The van der Waals surface area contributed by atoms with Gasteiger partial charge in [0.15, 0.2) is 0 Å². The Bertz CT molecular complexity index is 453. The molecule has 82 valence electrons. The van der Waals surface area contributed by atoms with Crippen LogP contribution in [0.3, 0.4) is 0 Å². The van der Waals surface area contributed by atoms with Gasteiger partial charge < -0.3 is 10.6 Å². The first-order chi connectivity index (χ1) is 7.72. The summed E-state index contributed by atoms with van der Waals surface area (Å²) < 4.78 is 0. The third-order valence-electron chi connectivity index (χ3n) is 1.50. The second kappa shape index (κ2) is 6.40. The van der Waals surface area contributed by atoms with Crippen LogP contribution in [0.4, 0.5) is 10.5 Å². The number of amides is 2. The molecule has 0 saturated carbocycles. The van der Waals surface area contributed by atoms with Gasteiger partial charge in [-0.2, -0.15) is 4.99 Å². The fourth-order valence-electron chi connectivity index (χ4n) is 0.914. The lowest BCUT2D eigenvalue weighted by Gasteiger charge is -2.03. The molecule has 2 amide bonds. The zero-order valence-corrected chi connectivity index (χ0v) is 8.86. The first-order valence-electron chi connectivity index (χ1n) is 4.27. The monoisotopic (exact) mass is 237 g/mol. The number of nitrogens with zero attached hydrogens (tertiary/aromatic N) is 1. The van der Waals surface area contributed by atoms with Crippen LogP contribution in [0.2, 0.25) is 5.02 Å². The quantitative estimate of drug-likeness (QED) is 0.625. The van der Waals surface area contributed by atoms with E-state index in [1.54, 1.807) is 24.3 Å². The molecule has 0 aliphatic carbocycles. The molecule has 0 spiro atoms. The number of urea groups is 1. The largest absolute Gasteiger partial charge is 0.323 e. The highest BCUT2D eigenvalue weighted by molar-refractivity contribution is 6.30. The molecule has 0 heterocycles. The summed E-state index contributed by atoms with van der Waals surface area (Å²) in [4.78, 5) is 24.0. The normalized spacial score (nSPS) is 9.56. The van der Waals surface area contributed by atoms with E-state index >= 15 is 0 Å². The van der Waals surface area contributed by atoms with Gasteiger partial charge in [0.1, 0.15) is 0 Å². The molecule has 16 heavy (non-hydrogen) atoms. The predicted octanol–water partition coefficient (Wildman–Crippen LogP) is 2.27. The van der Waals surface area contributed by atoms with Crippen LogP contribution in [-0.4, -0.2) is 12.1 Å². The molecule has 0 aliphatic heterocycles. The molecule has 2 N–H and O–H groups in total. The second-order valence-corrected chi connectivity index (χ2v) is 3.08. The molecule has 0 aromatic heterocycles. The summed E-state index contributed by atoms with van der Waals surface area (Å²) in [5, 5.41) is 5.40. The average molecular weight is 238 g/mol. The van der Waals surface area contributed by atoms with E-state index in [0.29, 0.717) is 10.7 Å². The van der Waals surface area contributed by atoms with Crippen LogP contribution >= 0.6 is 11.6 Å². The number of isocyanates is 1. The number of hydrogen-bond acceptors (Lipinski definition) is 3. The number of benzene rings is 1. The molecule has 0 aliphatic rings. The van der Waals surface area contributed by atoms with Gasteiger partial charge in [-0.3, -0.25) is 0 Å². The SMILES string of the molecule is O=C=N/C=C\NC(=O)Nc1cccc(Cl)c1. The van der Waals surface area contributed by atoms with Gasteiger partial charge in [-0.15, -0.1) is 0 Å². The lowest BCUT2D eigenvalue weighted by Crippen LogP contribution is -2.23. The number of anilines is 1. The molecule has 0 unspecified atom stereocenters. The van der Waals surface area contributed by atoms with Gasteiger partial charge in [0.25, 0.3) is 0 Å². The lowest BCUT2D eigenvalue weighted by molar-refractivity contribution is 0.255. The summed E-state index contributed by atoms with van der Waals surface area (Å²) in [6, 6.07) is 6.25. The molecule has 0 bridgehead atoms. The molecule has 0 fully saturated rings. The first-order valence-corrected chi connectivity index (χ1v) is 4.65. The Morgan fingerprint density at radius 3 is 3.00 bits per heavy atom. The van der Waals surface area contributed by atoms with Crippen LogP contribution in [0.25, 0.3) is 0 Å². The van der Waals surface area contributed by atoms with Crippen LogP contribution < -0.4 is 10.6 Å². The minimum atomic E-state index is -0.459. The summed E-state index contributed by atoms with van der Waals surface area (Å²) >= 11 is 5.73. The predicted molar refractivity (Wildman–Crippen MR) is 60.9 cm³/mol. The van der Waals surface area contributed by atoms with Crippen molar-refractivity contribution in [1.82, 2.24) is 5.32 Å². The molecule has 1 rings (SSSR count). The third kappa shape index (κ3) is 4.41. The molecule has 0 saturated heterocycles. The van der Waals surface area contributed by atoms with Crippen LogP contribution in [0.1, 0.15) is 0 Å². The Morgan fingerprint density at radius 2 is 2.31 bits per heavy atom. The van der Waals surface area contributed by atoms with E-state index in [4.69, 9.17) is 11.6 Å².